The molecule has 1 atom stereocenters. The molecule has 0 fully saturated rings. The van der Waals surface area contributed by atoms with Gasteiger partial charge >= 0.3 is 0 Å². The lowest BCUT2D eigenvalue weighted by Crippen LogP contribution is -2.24. The number of pyridine rings is 1. The van der Waals surface area contributed by atoms with E-state index in [4.69, 9.17) is 11.6 Å². The fourth-order valence-corrected chi connectivity index (χ4v) is 3.61. The van der Waals surface area contributed by atoms with Crippen LogP contribution in [-0.2, 0) is 14.8 Å². The summed E-state index contributed by atoms with van der Waals surface area (Å²) in [6, 6.07) is 9.07. The van der Waals surface area contributed by atoms with Crippen molar-refractivity contribution in [3.8, 4) is 0 Å². The van der Waals surface area contributed by atoms with Crippen LogP contribution in [0.1, 0.15) is 18.5 Å². The first-order valence-corrected chi connectivity index (χ1v) is 10.2. The van der Waals surface area contributed by atoms with E-state index in [2.05, 4.69) is 20.1 Å². The number of nitrogens with one attached hydrogen (secondary N) is 2. The number of hydrogen-bond acceptors (Lipinski definition) is 5. The maximum Gasteiger partial charge on any atom is 0.263 e. The van der Waals surface area contributed by atoms with E-state index in [1.54, 1.807) is 50.5 Å². The Labute approximate surface area is 167 Å². The van der Waals surface area contributed by atoms with Gasteiger partial charge in [0.15, 0.2) is 0 Å². The van der Waals surface area contributed by atoms with E-state index in [9.17, 15) is 13.2 Å². The second-order valence-electron chi connectivity index (χ2n) is 6.12. The number of carbonyl (C=O) groups excluding carboxylic acids is 1. The van der Waals surface area contributed by atoms with Gasteiger partial charge in [0.25, 0.3) is 10.0 Å². The average molecular weight is 420 g/mol. The van der Waals surface area contributed by atoms with Crippen molar-refractivity contribution in [3.63, 3.8) is 0 Å². The van der Waals surface area contributed by atoms with Gasteiger partial charge in [-0.05, 0) is 49.7 Å². The first-order chi connectivity index (χ1) is 13.3. The zero-order chi connectivity index (χ0) is 20.3. The van der Waals surface area contributed by atoms with Crippen LogP contribution in [0, 0.1) is 6.92 Å². The minimum Gasteiger partial charge on any atom is -0.324 e. The highest BCUT2D eigenvalue weighted by Crippen LogP contribution is 2.22. The van der Waals surface area contributed by atoms with Crippen molar-refractivity contribution >= 4 is 38.9 Å². The molecule has 146 valence electrons. The standard InChI is InChI=1S/C18H18ClN5O3S/c1-12-9-16(11-20-17(12)19)28(26,27)23-15-6-3-5-14(10-15)22-18(25)13(2)24-8-4-7-21-24/h3-11,13,23H,1-2H3,(H,22,25). The Morgan fingerprint density at radius 3 is 2.64 bits per heavy atom. The van der Waals surface area contributed by atoms with E-state index < -0.39 is 16.1 Å². The van der Waals surface area contributed by atoms with E-state index >= 15 is 0 Å². The zero-order valence-corrected chi connectivity index (χ0v) is 16.7. The van der Waals surface area contributed by atoms with Gasteiger partial charge in [-0.1, -0.05) is 17.7 Å². The number of benzene rings is 1. The molecule has 2 aromatic heterocycles. The van der Waals surface area contributed by atoms with Gasteiger partial charge in [-0.25, -0.2) is 13.4 Å². The van der Waals surface area contributed by atoms with Crippen LogP contribution in [0.4, 0.5) is 11.4 Å². The van der Waals surface area contributed by atoms with Crippen LogP contribution in [0.5, 0.6) is 0 Å². The van der Waals surface area contributed by atoms with Gasteiger partial charge in [-0.3, -0.25) is 14.2 Å². The van der Waals surface area contributed by atoms with Gasteiger partial charge < -0.3 is 5.32 Å². The number of rotatable bonds is 6. The van der Waals surface area contributed by atoms with E-state index in [0.29, 0.717) is 16.9 Å². The molecule has 10 heteroatoms. The van der Waals surface area contributed by atoms with Crippen molar-refractivity contribution in [1.82, 2.24) is 14.8 Å². The lowest BCUT2D eigenvalue weighted by molar-refractivity contribution is -0.119. The molecule has 0 aliphatic rings. The van der Waals surface area contributed by atoms with Gasteiger partial charge in [-0.15, -0.1) is 0 Å². The highest BCUT2D eigenvalue weighted by molar-refractivity contribution is 7.92. The predicted molar refractivity (Wildman–Crippen MR) is 107 cm³/mol. The number of sulfonamides is 1. The average Bonchev–Trinajstić information content (AvgIpc) is 3.17. The predicted octanol–water partition coefficient (Wildman–Crippen LogP) is 3.24. The molecule has 3 rings (SSSR count). The first kappa shape index (κ1) is 19.8. The number of hydrogen-bond donors (Lipinski definition) is 2. The van der Waals surface area contributed by atoms with Crippen LogP contribution in [0.2, 0.25) is 5.15 Å². The van der Waals surface area contributed by atoms with Gasteiger partial charge in [-0.2, -0.15) is 5.10 Å². The summed E-state index contributed by atoms with van der Waals surface area (Å²) in [5.41, 5.74) is 1.31. The van der Waals surface area contributed by atoms with Crippen molar-refractivity contribution < 1.29 is 13.2 Å². The molecule has 1 unspecified atom stereocenters. The van der Waals surface area contributed by atoms with Crippen molar-refractivity contribution in [2.24, 2.45) is 0 Å². The Bertz CT molecular complexity index is 1100. The summed E-state index contributed by atoms with van der Waals surface area (Å²) >= 11 is 5.85. The quantitative estimate of drug-likeness (QED) is 0.596. The maximum atomic E-state index is 12.6. The molecule has 2 N–H and O–H groups in total. The molecule has 0 radical (unpaired) electrons. The zero-order valence-electron chi connectivity index (χ0n) is 15.1. The topological polar surface area (TPSA) is 106 Å². The lowest BCUT2D eigenvalue weighted by atomic mass is 10.2. The third-order valence-corrected chi connectivity index (χ3v) is 5.73. The highest BCUT2D eigenvalue weighted by Gasteiger charge is 2.18. The molecule has 3 aromatic rings. The Hall–Kier alpha value is -2.91. The van der Waals surface area contributed by atoms with Gasteiger partial charge in [0.2, 0.25) is 5.91 Å². The van der Waals surface area contributed by atoms with Crippen molar-refractivity contribution in [1.29, 1.82) is 0 Å². The Morgan fingerprint density at radius 1 is 1.21 bits per heavy atom. The number of anilines is 2. The third kappa shape index (κ3) is 4.49. The van der Waals surface area contributed by atoms with Crippen molar-refractivity contribution in [2.75, 3.05) is 10.0 Å². The first-order valence-electron chi connectivity index (χ1n) is 8.31. The normalized spacial score (nSPS) is 12.4. The third-order valence-electron chi connectivity index (χ3n) is 3.98. The second-order valence-corrected chi connectivity index (χ2v) is 8.16. The smallest absolute Gasteiger partial charge is 0.263 e. The summed E-state index contributed by atoms with van der Waals surface area (Å²) in [4.78, 5) is 16.2. The molecule has 28 heavy (non-hydrogen) atoms. The molecular formula is C18H18ClN5O3S. The summed E-state index contributed by atoms with van der Waals surface area (Å²) in [7, 11) is -3.85. The van der Waals surface area contributed by atoms with E-state index in [0.717, 1.165) is 0 Å². The summed E-state index contributed by atoms with van der Waals surface area (Å²) in [5, 5.41) is 7.03. The SMILES string of the molecule is Cc1cc(S(=O)(=O)Nc2cccc(NC(=O)C(C)n3cccn3)c2)cnc1Cl. The molecular weight excluding hydrogens is 402 g/mol. The number of aromatic nitrogens is 3. The number of amides is 1. The van der Waals surface area contributed by atoms with Crippen LogP contribution in [0.25, 0.3) is 0 Å². The van der Waals surface area contributed by atoms with Crippen molar-refractivity contribution in [2.45, 2.75) is 24.8 Å². The summed E-state index contributed by atoms with van der Waals surface area (Å²) in [6.07, 6.45) is 4.47. The Kier molecular flexibility index (Phi) is 5.66. The van der Waals surface area contributed by atoms with Crippen LogP contribution >= 0.6 is 11.6 Å². The number of aryl methyl sites for hydroxylation is 1. The van der Waals surface area contributed by atoms with Gasteiger partial charge in [0, 0.05) is 24.3 Å². The fourth-order valence-electron chi connectivity index (χ4n) is 2.43. The lowest BCUT2D eigenvalue weighted by Gasteiger charge is -2.14. The minimum atomic E-state index is -3.85. The molecule has 0 aliphatic heterocycles. The highest BCUT2D eigenvalue weighted by atomic mass is 35.5. The molecule has 8 nitrogen and oxygen atoms in total. The molecule has 0 saturated carbocycles. The van der Waals surface area contributed by atoms with E-state index in [1.807, 2.05) is 0 Å². The van der Waals surface area contributed by atoms with Gasteiger partial charge in [0.1, 0.15) is 16.1 Å². The van der Waals surface area contributed by atoms with Crippen molar-refractivity contribution in [3.05, 3.63) is 65.7 Å². The monoisotopic (exact) mass is 419 g/mol. The molecule has 0 saturated heterocycles. The maximum absolute atomic E-state index is 12.6. The Balaban J connectivity index is 1.75. The number of halogens is 1. The summed E-state index contributed by atoms with van der Waals surface area (Å²) in [6.45, 7) is 3.38. The van der Waals surface area contributed by atoms with E-state index in [-0.39, 0.29) is 16.0 Å². The number of nitrogens with zero attached hydrogens (tertiary/aromatic N) is 3. The largest absolute Gasteiger partial charge is 0.324 e. The summed E-state index contributed by atoms with van der Waals surface area (Å²) in [5.74, 6) is -0.277. The molecule has 2 heterocycles. The Morgan fingerprint density at radius 2 is 1.96 bits per heavy atom. The molecule has 0 spiro atoms. The second kappa shape index (κ2) is 7.99. The summed E-state index contributed by atoms with van der Waals surface area (Å²) < 4.78 is 29.1. The minimum absolute atomic E-state index is 0.00357. The van der Waals surface area contributed by atoms with Crippen LogP contribution in [0.3, 0.4) is 0 Å². The molecule has 1 amide bonds. The van der Waals surface area contributed by atoms with Gasteiger partial charge in [0.05, 0.1) is 5.69 Å². The number of carbonyl (C=O) groups is 1. The fraction of sp³-hybridized carbons (Fsp3) is 0.167. The molecule has 1 aromatic carbocycles. The molecule has 0 bridgehead atoms. The van der Waals surface area contributed by atoms with Crippen LogP contribution in [-0.4, -0.2) is 29.1 Å². The van der Waals surface area contributed by atoms with E-state index in [1.165, 1.54) is 23.0 Å². The van der Waals surface area contributed by atoms with Crippen LogP contribution in [0.15, 0.2) is 59.9 Å². The molecule has 0 aliphatic carbocycles. The van der Waals surface area contributed by atoms with Crippen LogP contribution < -0.4 is 10.0 Å².